The van der Waals surface area contributed by atoms with Gasteiger partial charge >= 0.3 is 0 Å². The smallest absolute Gasteiger partial charge is 0.250 e. The molecule has 0 bridgehead atoms. The van der Waals surface area contributed by atoms with Gasteiger partial charge in [-0.3, -0.25) is 0 Å². The predicted molar refractivity (Wildman–Crippen MR) is 60.3 cm³/mol. The van der Waals surface area contributed by atoms with E-state index in [1.165, 1.54) is 25.1 Å². The lowest BCUT2D eigenvalue weighted by Crippen LogP contribution is -2.21. The minimum Gasteiger partial charge on any atom is -0.250 e. The highest BCUT2D eigenvalue weighted by Gasteiger charge is 2.21. The Morgan fingerprint density at radius 2 is 1.88 bits per heavy atom. The summed E-state index contributed by atoms with van der Waals surface area (Å²) in [6.45, 7) is 0. The summed E-state index contributed by atoms with van der Waals surface area (Å²) >= 11 is 0. The lowest BCUT2D eigenvalue weighted by atomic mass is 10.1. The van der Waals surface area contributed by atoms with E-state index in [1.54, 1.807) is 4.68 Å². The van der Waals surface area contributed by atoms with Crippen LogP contribution in [0.5, 0.6) is 0 Å². The molecule has 1 aromatic rings. The molecule has 0 unspecified atom stereocenters. The summed E-state index contributed by atoms with van der Waals surface area (Å²) < 4.78 is 24.3. The van der Waals surface area contributed by atoms with Crippen LogP contribution in [0.25, 0.3) is 0 Å². The maximum absolute atomic E-state index is 11.4. The lowest BCUT2D eigenvalue weighted by Gasteiger charge is -2.16. The highest BCUT2D eigenvalue weighted by molar-refractivity contribution is 7.89. The Morgan fingerprint density at radius 1 is 1.25 bits per heavy atom. The van der Waals surface area contributed by atoms with Crippen LogP contribution in [0.2, 0.25) is 0 Å². The van der Waals surface area contributed by atoms with Crippen molar-refractivity contribution >= 4 is 10.0 Å². The Kier molecular flexibility index (Phi) is 3.30. The topological polar surface area (TPSA) is 78.0 Å². The standard InChI is InChI=1S/C10H17N3O2S/c11-16(14,15)10-7-8-12-13(10)9-5-3-1-2-4-6-9/h7-9H,1-6H2,(H2,11,14,15). The van der Waals surface area contributed by atoms with Gasteiger partial charge in [0.1, 0.15) is 0 Å². The number of aromatic nitrogens is 2. The number of primary sulfonamides is 1. The van der Waals surface area contributed by atoms with E-state index in [9.17, 15) is 8.42 Å². The van der Waals surface area contributed by atoms with Crippen molar-refractivity contribution in [3.63, 3.8) is 0 Å². The largest absolute Gasteiger partial charge is 0.255 e. The number of rotatable bonds is 2. The number of nitrogens with two attached hydrogens (primary N) is 1. The van der Waals surface area contributed by atoms with E-state index in [1.807, 2.05) is 0 Å². The molecule has 1 aromatic heterocycles. The molecule has 2 rings (SSSR count). The third-order valence-electron chi connectivity index (χ3n) is 3.10. The third-order valence-corrected chi connectivity index (χ3v) is 4.00. The fraction of sp³-hybridized carbons (Fsp3) is 0.700. The van der Waals surface area contributed by atoms with Gasteiger partial charge in [0.25, 0.3) is 10.0 Å². The monoisotopic (exact) mass is 243 g/mol. The number of hydrogen-bond donors (Lipinski definition) is 1. The van der Waals surface area contributed by atoms with E-state index >= 15 is 0 Å². The molecule has 1 aliphatic rings. The molecule has 5 nitrogen and oxygen atoms in total. The molecule has 16 heavy (non-hydrogen) atoms. The summed E-state index contributed by atoms with van der Waals surface area (Å²) in [6, 6.07) is 1.66. The molecule has 1 saturated carbocycles. The lowest BCUT2D eigenvalue weighted by molar-refractivity contribution is 0.376. The molecule has 0 atom stereocenters. The van der Waals surface area contributed by atoms with Gasteiger partial charge < -0.3 is 0 Å². The van der Waals surface area contributed by atoms with Gasteiger partial charge in [-0.1, -0.05) is 25.7 Å². The van der Waals surface area contributed by atoms with Gasteiger partial charge in [0.05, 0.1) is 12.2 Å². The summed E-state index contributed by atoms with van der Waals surface area (Å²) in [5, 5.41) is 9.40. The SMILES string of the molecule is NS(=O)(=O)c1ccnn1C1CCCCCC1. The third kappa shape index (κ3) is 2.44. The summed E-state index contributed by atoms with van der Waals surface area (Å²) in [5.74, 6) is 0. The van der Waals surface area contributed by atoms with Crippen molar-refractivity contribution in [2.75, 3.05) is 0 Å². The minimum absolute atomic E-state index is 0.138. The van der Waals surface area contributed by atoms with Crippen LogP contribution in [0.3, 0.4) is 0 Å². The van der Waals surface area contributed by atoms with E-state index in [2.05, 4.69) is 5.10 Å². The molecular weight excluding hydrogens is 226 g/mol. The highest BCUT2D eigenvalue weighted by Crippen LogP contribution is 2.28. The Labute approximate surface area is 95.7 Å². The van der Waals surface area contributed by atoms with Crippen molar-refractivity contribution < 1.29 is 8.42 Å². The summed E-state index contributed by atoms with van der Waals surface area (Å²) in [6.07, 6.45) is 8.20. The first-order chi connectivity index (χ1) is 7.59. The first-order valence-electron chi connectivity index (χ1n) is 5.65. The summed E-state index contributed by atoms with van der Waals surface area (Å²) in [4.78, 5) is 0. The van der Waals surface area contributed by atoms with E-state index in [4.69, 9.17) is 5.14 Å². The zero-order valence-corrected chi connectivity index (χ0v) is 9.99. The molecule has 0 amide bonds. The Morgan fingerprint density at radius 3 is 2.44 bits per heavy atom. The number of sulfonamides is 1. The molecule has 1 fully saturated rings. The first kappa shape index (κ1) is 11.6. The molecule has 0 saturated heterocycles. The maximum atomic E-state index is 11.4. The first-order valence-corrected chi connectivity index (χ1v) is 7.20. The van der Waals surface area contributed by atoms with Crippen molar-refractivity contribution in [3.05, 3.63) is 12.3 Å². The van der Waals surface area contributed by atoms with Gasteiger partial charge in [0.15, 0.2) is 5.03 Å². The van der Waals surface area contributed by atoms with E-state index in [0.717, 1.165) is 25.7 Å². The van der Waals surface area contributed by atoms with E-state index in [0.29, 0.717) is 0 Å². The Bertz CT molecular complexity index is 444. The van der Waals surface area contributed by atoms with Crippen molar-refractivity contribution in [2.45, 2.75) is 49.6 Å². The Balaban J connectivity index is 2.29. The van der Waals surface area contributed by atoms with Crippen LogP contribution in [0, 0.1) is 0 Å². The van der Waals surface area contributed by atoms with Crippen LogP contribution in [-0.4, -0.2) is 18.2 Å². The van der Waals surface area contributed by atoms with Crippen LogP contribution >= 0.6 is 0 Å². The van der Waals surface area contributed by atoms with Crippen LogP contribution < -0.4 is 5.14 Å². The van der Waals surface area contributed by atoms with Gasteiger partial charge in [-0.2, -0.15) is 5.10 Å². The van der Waals surface area contributed by atoms with Crippen LogP contribution in [0.4, 0.5) is 0 Å². The second-order valence-electron chi connectivity index (χ2n) is 4.30. The minimum atomic E-state index is -3.65. The summed E-state index contributed by atoms with van der Waals surface area (Å²) in [5.41, 5.74) is 0. The second-order valence-corrected chi connectivity index (χ2v) is 5.81. The molecule has 2 N–H and O–H groups in total. The second kappa shape index (κ2) is 4.55. The average molecular weight is 243 g/mol. The molecule has 6 heteroatoms. The zero-order chi connectivity index (χ0) is 11.6. The molecule has 0 aliphatic heterocycles. The van der Waals surface area contributed by atoms with Crippen LogP contribution in [-0.2, 0) is 10.0 Å². The molecule has 1 heterocycles. The van der Waals surface area contributed by atoms with Crippen LogP contribution in [0.15, 0.2) is 17.3 Å². The van der Waals surface area contributed by atoms with Crippen molar-refractivity contribution in [1.82, 2.24) is 9.78 Å². The van der Waals surface area contributed by atoms with Crippen LogP contribution in [0.1, 0.15) is 44.6 Å². The highest BCUT2D eigenvalue weighted by atomic mass is 32.2. The van der Waals surface area contributed by atoms with Gasteiger partial charge in [-0.25, -0.2) is 18.2 Å². The fourth-order valence-corrected chi connectivity index (χ4v) is 3.01. The normalized spacial score (nSPS) is 19.6. The quantitative estimate of drug-likeness (QED) is 0.798. The number of nitrogens with zero attached hydrogens (tertiary/aromatic N) is 2. The summed E-state index contributed by atoms with van der Waals surface area (Å²) in [7, 11) is -3.65. The molecule has 90 valence electrons. The van der Waals surface area contributed by atoms with E-state index < -0.39 is 10.0 Å². The Hall–Kier alpha value is -0.880. The fourth-order valence-electron chi connectivity index (χ4n) is 2.30. The molecule has 1 aliphatic carbocycles. The maximum Gasteiger partial charge on any atom is 0.255 e. The molecule has 0 aromatic carbocycles. The van der Waals surface area contributed by atoms with Gasteiger partial charge in [0.2, 0.25) is 0 Å². The van der Waals surface area contributed by atoms with Gasteiger partial charge in [-0.15, -0.1) is 0 Å². The zero-order valence-electron chi connectivity index (χ0n) is 9.17. The van der Waals surface area contributed by atoms with Gasteiger partial charge in [0, 0.05) is 0 Å². The molecular formula is C10H17N3O2S. The molecule has 0 radical (unpaired) electrons. The van der Waals surface area contributed by atoms with Gasteiger partial charge in [-0.05, 0) is 18.9 Å². The molecule has 0 spiro atoms. The van der Waals surface area contributed by atoms with E-state index in [-0.39, 0.29) is 11.1 Å². The van der Waals surface area contributed by atoms with Crippen molar-refractivity contribution in [2.24, 2.45) is 5.14 Å². The van der Waals surface area contributed by atoms with Crippen molar-refractivity contribution in [3.8, 4) is 0 Å². The predicted octanol–water partition coefficient (Wildman–Crippen LogP) is 1.43. The average Bonchev–Trinajstić information content (AvgIpc) is 2.55. The van der Waals surface area contributed by atoms with Crippen molar-refractivity contribution in [1.29, 1.82) is 0 Å². The number of hydrogen-bond acceptors (Lipinski definition) is 3.